The molecule has 1 aliphatic rings. The van der Waals surface area contributed by atoms with Crippen molar-refractivity contribution < 1.29 is 14.4 Å². The first-order valence-electron chi connectivity index (χ1n) is 8.28. The molecule has 0 spiro atoms. The van der Waals surface area contributed by atoms with E-state index in [9.17, 15) is 14.4 Å². The van der Waals surface area contributed by atoms with Crippen LogP contribution < -0.4 is 10.6 Å². The van der Waals surface area contributed by atoms with Gasteiger partial charge in [0.25, 0.3) is 11.8 Å². The Morgan fingerprint density at radius 3 is 2.19 bits per heavy atom. The van der Waals surface area contributed by atoms with E-state index in [1.54, 1.807) is 30.3 Å². The van der Waals surface area contributed by atoms with Gasteiger partial charge in [-0.05, 0) is 30.2 Å². The molecule has 2 N–H and O–H groups in total. The minimum atomic E-state index is -0.327. The molecule has 26 heavy (non-hydrogen) atoms. The van der Waals surface area contributed by atoms with E-state index in [-0.39, 0.29) is 24.4 Å². The lowest BCUT2D eigenvalue weighted by atomic mass is 10.1. The van der Waals surface area contributed by atoms with Crippen LogP contribution in [-0.4, -0.2) is 35.8 Å². The summed E-state index contributed by atoms with van der Waals surface area (Å²) in [5.41, 5.74) is 1.70. The molecule has 3 rings (SSSR count). The molecule has 0 bridgehead atoms. The molecule has 0 fully saturated rings. The number of fused-ring (bicyclic) bond motifs is 1. The molecule has 0 aromatic heterocycles. The topological polar surface area (TPSA) is 78.5 Å². The van der Waals surface area contributed by atoms with Crippen molar-refractivity contribution in [3.05, 3.63) is 70.2 Å². The Morgan fingerprint density at radius 2 is 1.54 bits per heavy atom. The summed E-state index contributed by atoms with van der Waals surface area (Å²) in [4.78, 5) is 37.5. The van der Waals surface area contributed by atoms with Crippen LogP contribution in [0.2, 0.25) is 5.02 Å². The molecule has 0 saturated heterocycles. The maximum Gasteiger partial charge on any atom is 0.315 e. The van der Waals surface area contributed by atoms with E-state index in [0.29, 0.717) is 35.7 Å². The molecule has 1 heterocycles. The van der Waals surface area contributed by atoms with Gasteiger partial charge in [0.15, 0.2) is 0 Å². The first-order chi connectivity index (χ1) is 12.6. The molecule has 2 aromatic carbocycles. The number of hydrogen-bond donors (Lipinski definition) is 2. The Bertz CT molecular complexity index is 818. The van der Waals surface area contributed by atoms with Crippen LogP contribution in [0.3, 0.4) is 0 Å². The fourth-order valence-electron chi connectivity index (χ4n) is 2.76. The van der Waals surface area contributed by atoms with Crippen LogP contribution in [0.1, 0.15) is 32.7 Å². The largest absolute Gasteiger partial charge is 0.338 e. The van der Waals surface area contributed by atoms with Crippen molar-refractivity contribution >= 4 is 29.4 Å². The van der Waals surface area contributed by atoms with Crippen molar-refractivity contribution in [3.8, 4) is 0 Å². The third-order valence-corrected chi connectivity index (χ3v) is 4.49. The average molecular weight is 372 g/mol. The number of urea groups is 1. The van der Waals surface area contributed by atoms with Crippen molar-refractivity contribution in [1.29, 1.82) is 0 Å². The van der Waals surface area contributed by atoms with Crippen molar-refractivity contribution in [3.63, 3.8) is 0 Å². The molecule has 0 radical (unpaired) electrons. The lowest BCUT2D eigenvalue weighted by Crippen LogP contribution is -2.37. The number of carbonyl (C=O) groups is 3. The molecular formula is C19H18ClN3O3. The van der Waals surface area contributed by atoms with Gasteiger partial charge in [0.05, 0.1) is 11.1 Å². The summed E-state index contributed by atoms with van der Waals surface area (Å²) in [6, 6.07) is 13.7. The number of imide groups is 1. The summed E-state index contributed by atoms with van der Waals surface area (Å²) in [7, 11) is 0. The summed E-state index contributed by atoms with van der Waals surface area (Å²) in [5, 5.41) is 6.02. The molecule has 0 atom stereocenters. The van der Waals surface area contributed by atoms with E-state index in [1.165, 1.54) is 4.90 Å². The predicted molar refractivity (Wildman–Crippen MR) is 98.1 cm³/mol. The summed E-state index contributed by atoms with van der Waals surface area (Å²) in [5.74, 6) is -0.567. The molecule has 7 heteroatoms. The molecular weight excluding hydrogens is 354 g/mol. The smallest absolute Gasteiger partial charge is 0.315 e. The van der Waals surface area contributed by atoms with Crippen LogP contribution >= 0.6 is 11.6 Å². The Hall–Kier alpha value is -2.86. The van der Waals surface area contributed by atoms with E-state index >= 15 is 0 Å². The number of halogens is 1. The number of carbonyl (C=O) groups excluding carboxylic acids is 3. The van der Waals surface area contributed by atoms with E-state index in [0.717, 1.165) is 5.56 Å². The van der Waals surface area contributed by atoms with E-state index < -0.39 is 0 Å². The van der Waals surface area contributed by atoms with Crippen LogP contribution in [-0.2, 0) is 6.54 Å². The maximum atomic E-state index is 12.2. The molecule has 134 valence electrons. The van der Waals surface area contributed by atoms with Crippen LogP contribution in [0.5, 0.6) is 0 Å². The fourth-order valence-corrected chi connectivity index (χ4v) is 2.96. The number of rotatable bonds is 6. The summed E-state index contributed by atoms with van der Waals surface area (Å²) in [6.07, 6.45) is 0.477. The molecule has 6 nitrogen and oxygen atoms in total. The number of nitrogens with zero attached hydrogens (tertiary/aromatic N) is 1. The number of amides is 4. The highest BCUT2D eigenvalue weighted by Crippen LogP contribution is 2.22. The van der Waals surface area contributed by atoms with Gasteiger partial charge < -0.3 is 10.6 Å². The first-order valence-corrected chi connectivity index (χ1v) is 8.66. The lowest BCUT2D eigenvalue weighted by Gasteiger charge is -2.14. The van der Waals surface area contributed by atoms with Crippen molar-refractivity contribution in [1.82, 2.24) is 15.5 Å². The normalized spacial score (nSPS) is 12.9. The molecule has 2 aromatic rings. The third-order valence-electron chi connectivity index (χ3n) is 4.12. The van der Waals surface area contributed by atoms with Crippen LogP contribution in [0, 0.1) is 0 Å². The van der Waals surface area contributed by atoms with Crippen LogP contribution in [0.15, 0.2) is 48.5 Å². The van der Waals surface area contributed by atoms with Crippen molar-refractivity contribution in [2.45, 2.75) is 13.0 Å². The van der Waals surface area contributed by atoms with Crippen LogP contribution in [0.25, 0.3) is 0 Å². The maximum absolute atomic E-state index is 12.2. The highest BCUT2D eigenvalue weighted by atomic mass is 35.5. The fraction of sp³-hybridized carbons (Fsp3) is 0.211. The second-order valence-electron chi connectivity index (χ2n) is 5.86. The molecule has 0 aliphatic carbocycles. The highest BCUT2D eigenvalue weighted by molar-refractivity contribution is 6.31. The minimum Gasteiger partial charge on any atom is -0.338 e. The quantitative estimate of drug-likeness (QED) is 0.605. The summed E-state index contributed by atoms with van der Waals surface area (Å²) < 4.78 is 0. The Labute approximate surface area is 156 Å². The number of benzene rings is 2. The highest BCUT2D eigenvalue weighted by Gasteiger charge is 2.34. The standard InChI is InChI=1S/C19H18ClN3O3/c20-16-9-4-1-6-13(16)12-22-19(26)21-10-5-11-23-17(24)14-7-2-3-8-15(14)18(23)25/h1-4,6-9H,5,10-12H2,(H2,21,22,26). The second-order valence-corrected chi connectivity index (χ2v) is 6.27. The van der Waals surface area contributed by atoms with Crippen molar-refractivity contribution in [2.75, 3.05) is 13.1 Å². The average Bonchev–Trinajstić information content (AvgIpc) is 2.89. The number of hydrogen-bond acceptors (Lipinski definition) is 3. The van der Waals surface area contributed by atoms with Crippen LogP contribution in [0.4, 0.5) is 4.79 Å². The van der Waals surface area contributed by atoms with Gasteiger partial charge >= 0.3 is 6.03 Å². The van der Waals surface area contributed by atoms with Gasteiger partial charge in [0.1, 0.15) is 0 Å². The van der Waals surface area contributed by atoms with Gasteiger partial charge in [0.2, 0.25) is 0 Å². The zero-order valence-corrected chi connectivity index (χ0v) is 14.8. The lowest BCUT2D eigenvalue weighted by molar-refractivity contribution is 0.0653. The molecule has 0 saturated carbocycles. The van der Waals surface area contributed by atoms with Gasteiger partial charge in [-0.1, -0.05) is 41.9 Å². The Kier molecular flexibility index (Phi) is 5.53. The zero-order valence-electron chi connectivity index (χ0n) is 14.0. The number of nitrogens with one attached hydrogen (secondary N) is 2. The monoisotopic (exact) mass is 371 g/mol. The van der Waals surface area contributed by atoms with Gasteiger partial charge in [-0.15, -0.1) is 0 Å². The van der Waals surface area contributed by atoms with E-state index in [4.69, 9.17) is 11.6 Å². The zero-order chi connectivity index (χ0) is 18.5. The van der Waals surface area contributed by atoms with E-state index in [1.807, 2.05) is 18.2 Å². The van der Waals surface area contributed by atoms with Gasteiger partial charge in [-0.3, -0.25) is 14.5 Å². The summed E-state index contributed by atoms with van der Waals surface area (Å²) >= 11 is 6.03. The molecule has 1 aliphatic heterocycles. The van der Waals surface area contributed by atoms with Gasteiger partial charge in [-0.25, -0.2) is 4.79 Å². The third kappa shape index (κ3) is 3.86. The molecule has 0 unspecified atom stereocenters. The first kappa shape index (κ1) is 17.9. The SMILES string of the molecule is O=C(NCCCN1C(=O)c2ccccc2C1=O)NCc1ccccc1Cl. The Morgan fingerprint density at radius 1 is 0.923 bits per heavy atom. The summed E-state index contributed by atoms with van der Waals surface area (Å²) in [6.45, 7) is 0.933. The molecule has 4 amide bonds. The van der Waals surface area contributed by atoms with Crippen molar-refractivity contribution in [2.24, 2.45) is 0 Å². The Balaban J connectivity index is 1.41. The van der Waals surface area contributed by atoms with E-state index in [2.05, 4.69) is 10.6 Å². The van der Waals surface area contributed by atoms with Gasteiger partial charge in [0, 0.05) is 24.7 Å². The minimum absolute atomic E-state index is 0.261. The second kappa shape index (κ2) is 8.01. The predicted octanol–water partition coefficient (Wildman–Crippen LogP) is 2.83. The van der Waals surface area contributed by atoms with Gasteiger partial charge in [-0.2, -0.15) is 0 Å².